The third-order valence-electron chi connectivity index (χ3n) is 3.27. The highest BCUT2D eigenvalue weighted by Crippen LogP contribution is 2.15. The molecule has 0 amide bonds. The third kappa shape index (κ3) is 2.83. The van der Waals surface area contributed by atoms with Crippen molar-refractivity contribution in [3.63, 3.8) is 0 Å². The maximum Gasteiger partial charge on any atom is 0.105 e. The standard InChI is InChI=1S/C12H21N3O/c1-10(12-4-3-9-16-12)13-5-7-15-8-6-14-11(15)2/h6,8,10,12-13H,3-5,7,9H2,1-2H3. The number of aromatic nitrogens is 2. The van der Waals surface area contributed by atoms with Crippen molar-refractivity contribution in [2.24, 2.45) is 0 Å². The summed E-state index contributed by atoms with van der Waals surface area (Å²) in [4.78, 5) is 4.20. The first-order valence-corrected chi connectivity index (χ1v) is 6.10. The summed E-state index contributed by atoms with van der Waals surface area (Å²) in [6.45, 7) is 7.11. The normalized spacial score (nSPS) is 22.5. The maximum atomic E-state index is 5.64. The highest BCUT2D eigenvalue weighted by molar-refractivity contribution is 4.88. The van der Waals surface area contributed by atoms with Gasteiger partial charge in [0.25, 0.3) is 0 Å². The number of nitrogens with zero attached hydrogens (tertiary/aromatic N) is 2. The number of hydrogen-bond donors (Lipinski definition) is 1. The molecule has 0 saturated carbocycles. The lowest BCUT2D eigenvalue weighted by atomic mass is 10.1. The molecule has 1 N–H and O–H groups in total. The largest absolute Gasteiger partial charge is 0.377 e. The fourth-order valence-electron chi connectivity index (χ4n) is 2.18. The lowest BCUT2D eigenvalue weighted by molar-refractivity contribution is 0.0835. The molecule has 0 spiro atoms. The van der Waals surface area contributed by atoms with E-state index in [2.05, 4.69) is 21.8 Å². The molecule has 0 aromatic carbocycles. The Morgan fingerprint density at radius 2 is 2.56 bits per heavy atom. The Morgan fingerprint density at radius 3 is 3.19 bits per heavy atom. The van der Waals surface area contributed by atoms with E-state index in [1.807, 2.05) is 19.3 Å². The van der Waals surface area contributed by atoms with Gasteiger partial charge in [0.2, 0.25) is 0 Å². The SMILES string of the molecule is Cc1nccn1CCNC(C)C1CCCO1. The van der Waals surface area contributed by atoms with Gasteiger partial charge in [0.05, 0.1) is 6.10 Å². The molecule has 2 unspecified atom stereocenters. The van der Waals surface area contributed by atoms with E-state index < -0.39 is 0 Å². The lowest BCUT2D eigenvalue weighted by Gasteiger charge is -2.20. The van der Waals surface area contributed by atoms with Gasteiger partial charge in [-0.3, -0.25) is 0 Å². The Hall–Kier alpha value is -0.870. The van der Waals surface area contributed by atoms with Gasteiger partial charge in [-0.15, -0.1) is 0 Å². The second kappa shape index (κ2) is 5.46. The molecule has 90 valence electrons. The Morgan fingerprint density at radius 1 is 1.69 bits per heavy atom. The molecule has 1 aromatic heterocycles. The zero-order valence-electron chi connectivity index (χ0n) is 10.1. The Balaban J connectivity index is 1.69. The number of imidazole rings is 1. The molecule has 0 radical (unpaired) electrons. The Bertz CT molecular complexity index is 318. The second-order valence-corrected chi connectivity index (χ2v) is 4.46. The van der Waals surface area contributed by atoms with Crippen molar-refractivity contribution in [3.05, 3.63) is 18.2 Å². The van der Waals surface area contributed by atoms with E-state index in [9.17, 15) is 0 Å². The Kier molecular flexibility index (Phi) is 3.96. The van der Waals surface area contributed by atoms with Crippen LogP contribution in [0.5, 0.6) is 0 Å². The summed E-state index contributed by atoms with van der Waals surface area (Å²) in [5.74, 6) is 1.08. The van der Waals surface area contributed by atoms with Crippen LogP contribution in [0.1, 0.15) is 25.6 Å². The van der Waals surface area contributed by atoms with Crippen molar-refractivity contribution in [1.82, 2.24) is 14.9 Å². The number of aryl methyl sites for hydroxylation is 1. The van der Waals surface area contributed by atoms with Gasteiger partial charge in [-0.2, -0.15) is 0 Å². The minimum Gasteiger partial charge on any atom is -0.377 e. The average molecular weight is 223 g/mol. The molecule has 1 aromatic rings. The van der Waals surface area contributed by atoms with Crippen molar-refractivity contribution in [2.45, 2.75) is 45.4 Å². The maximum absolute atomic E-state index is 5.64. The van der Waals surface area contributed by atoms with E-state index in [4.69, 9.17) is 4.74 Å². The smallest absolute Gasteiger partial charge is 0.105 e. The van der Waals surface area contributed by atoms with Gasteiger partial charge in [0.1, 0.15) is 5.82 Å². The van der Waals surface area contributed by atoms with Crippen molar-refractivity contribution >= 4 is 0 Å². The van der Waals surface area contributed by atoms with E-state index in [0.717, 1.165) is 25.5 Å². The molecule has 1 fully saturated rings. The quantitative estimate of drug-likeness (QED) is 0.819. The van der Waals surface area contributed by atoms with Crippen LogP contribution in [0.15, 0.2) is 12.4 Å². The van der Waals surface area contributed by atoms with Gasteiger partial charge in [0, 0.05) is 38.1 Å². The third-order valence-corrected chi connectivity index (χ3v) is 3.27. The van der Waals surface area contributed by atoms with Crippen LogP contribution in [-0.4, -0.2) is 34.8 Å². The monoisotopic (exact) mass is 223 g/mol. The fourth-order valence-corrected chi connectivity index (χ4v) is 2.18. The summed E-state index contributed by atoms with van der Waals surface area (Å²) >= 11 is 0. The molecule has 2 heterocycles. The first kappa shape index (κ1) is 11.6. The van der Waals surface area contributed by atoms with Gasteiger partial charge in [-0.05, 0) is 26.7 Å². The van der Waals surface area contributed by atoms with Crippen molar-refractivity contribution in [2.75, 3.05) is 13.2 Å². The van der Waals surface area contributed by atoms with Crippen molar-refractivity contribution in [3.8, 4) is 0 Å². The van der Waals surface area contributed by atoms with Crippen LogP contribution < -0.4 is 5.32 Å². The van der Waals surface area contributed by atoms with Crippen LogP contribution in [-0.2, 0) is 11.3 Å². The predicted octanol–water partition coefficient (Wildman–Crippen LogP) is 1.35. The molecule has 2 atom stereocenters. The molecule has 1 aliphatic heterocycles. The second-order valence-electron chi connectivity index (χ2n) is 4.46. The molecule has 0 bridgehead atoms. The van der Waals surface area contributed by atoms with Crippen LogP contribution >= 0.6 is 0 Å². The van der Waals surface area contributed by atoms with Crippen LogP contribution in [0, 0.1) is 6.92 Å². The topological polar surface area (TPSA) is 39.1 Å². The first-order chi connectivity index (χ1) is 7.77. The number of ether oxygens (including phenoxy) is 1. The summed E-state index contributed by atoms with van der Waals surface area (Å²) in [6, 6.07) is 0.450. The highest BCUT2D eigenvalue weighted by Gasteiger charge is 2.21. The van der Waals surface area contributed by atoms with E-state index in [0.29, 0.717) is 12.1 Å². The van der Waals surface area contributed by atoms with Crippen LogP contribution in [0.2, 0.25) is 0 Å². The molecule has 0 aliphatic carbocycles. The molecular weight excluding hydrogens is 202 g/mol. The van der Waals surface area contributed by atoms with Gasteiger partial charge >= 0.3 is 0 Å². The number of hydrogen-bond acceptors (Lipinski definition) is 3. The lowest BCUT2D eigenvalue weighted by Crippen LogP contribution is -2.38. The summed E-state index contributed by atoms with van der Waals surface area (Å²) in [6.07, 6.45) is 6.67. The van der Waals surface area contributed by atoms with E-state index in [-0.39, 0.29) is 0 Å². The van der Waals surface area contributed by atoms with Crippen LogP contribution in [0.25, 0.3) is 0 Å². The summed E-state index contributed by atoms with van der Waals surface area (Å²) in [7, 11) is 0. The van der Waals surface area contributed by atoms with Crippen LogP contribution in [0.3, 0.4) is 0 Å². The Labute approximate surface area is 97.0 Å². The number of rotatable bonds is 5. The summed E-state index contributed by atoms with van der Waals surface area (Å²) < 4.78 is 7.81. The van der Waals surface area contributed by atoms with E-state index >= 15 is 0 Å². The molecule has 1 saturated heterocycles. The fraction of sp³-hybridized carbons (Fsp3) is 0.750. The van der Waals surface area contributed by atoms with Crippen molar-refractivity contribution in [1.29, 1.82) is 0 Å². The van der Waals surface area contributed by atoms with Gasteiger partial charge in [-0.25, -0.2) is 4.98 Å². The molecule has 2 rings (SSSR count). The summed E-state index contributed by atoms with van der Waals surface area (Å²) in [5, 5.41) is 3.52. The minimum absolute atomic E-state index is 0.406. The molecule has 4 heteroatoms. The molecular formula is C12H21N3O. The zero-order valence-corrected chi connectivity index (χ0v) is 10.1. The number of nitrogens with one attached hydrogen (secondary N) is 1. The van der Waals surface area contributed by atoms with Gasteiger partial charge < -0.3 is 14.6 Å². The highest BCUT2D eigenvalue weighted by atomic mass is 16.5. The minimum atomic E-state index is 0.406. The van der Waals surface area contributed by atoms with Gasteiger partial charge in [-0.1, -0.05) is 0 Å². The zero-order chi connectivity index (χ0) is 11.4. The average Bonchev–Trinajstić information content (AvgIpc) is 2.90. The predicted molar refractivity (Wildman–Crippen MR) is 63.4 cm³/mol. The van der Waals surface area contributed by atoms with Crippen molar-refractivity contribution < 1.29 is 4.74 Å². The summed E-state index contributed by atoms with van der Waals surface area (Å²) in [5.41, 5.74) is 0. The van der Waals surface area contributed by atoms with E-state index in [1.165, 1.54) is 12.8 Å². The van der Waals surface area contributed by atoms with E-state index in [1.54, 1.807) is 0 Å². The molecule has 1 aliphatic rings. The van der Waals surface area contributed by atoms with Crippen LogP contribution in [0.4, 0.5) is 0 Å². The molecule has 16 heavy (non-hydrogen) atoms. The van der Waals surface area contributed by atoms with Gasteiger partial charge in [0.15, 0.2) is 0 Å². The molecule has 4 nitrogen and oxygen atoms in total. The first-order valence-electron chi connectivity index (χ1n) is 6.10.